The van der Waals surface area contributed by atoms with E-state index < -0.39 is 0 Å². The Balaban J connectivity index is 1.39. The molecule has 0 bridgehead atoms. The van der Waals surface area contributed by atoms with Crippen molar-refractivity contribution < 1.29 is 19.1 Å². The molecule has 0 unspecified atom stereocenters. The van der Waals surface area contributed by atoms with Crippen LogP contribution >= 0.6 is 0 Å². The highest BCUT2D eigenvalue weighted by atomic mass is 16.5. The highest BCUT2D eigenvalue weighted by molar-refractivity contribution is 6.04. The molecule has 2 heterocycles. The molecular weight excluding hydrogens is 432 g/mol. The Kier molecular flexibility index (Phi) is 7.80. The first-order valence-electron chi connectivity index (χ1n) is 11.8. The van der Waals surface area contributed by atoms with Crippen molar-refractivity contribution in [2.45, 2.75) is 38.6 Å². The third-order valence-corrected chi connectivity index (χ3v) is 6.21. The average molecular weight is 465 g/mol. The minimum atomic E-state index is -0.0110. The Morgan fingerprint density at radius 2 is 1.71 bits per heavy atom. The fraction of sp³-hybridized carbons (Fsp3) is 0.423. The molecule has 2 aromatic carbocycles. The maximum Gasteiger partial charge on any atom is 0.243 e. The lowest BCUT2D eigenvalue weighted by molar-refractivity contribution is -0.132. The monoisotopic (exact) mass is 464 g/mol. The van der Waals surface area contributed by atoms with Crippen molar-refractivity contribution in [3.8, 4) is 11.5 Å². The summed E-state index contributed by atoms with van der Waals surface area (Å²) in [5.74, 6) is 1.27. The largest absolute Gasteiger partial charge is 0.493 e. The van der Waals surface area contributed by atoms with Gasteiger partial charge in [0.1, 0.15) is 0 Å². The molecule has 34 heavy (non-hydrogen) atoms. The number of nitrogens with zero attached hydrogens (tertiary/aromatic N) is 3. The summed E-state index contributed by atoms with van der Waals surface area (Å²) in [5.41, 5.74) is 3.44. The van der Waals surface area contributed by atoms with Crippen molar-refractivity contribution in [1.29, 1.82) is 0 Å². The molecule has 2 aliphatic heterocycles. The molecule has 180 valence electrons. The fourth-order valence-corrected chi connectivity index (χ4v) is 4.33. The highest BCUT2D eigenvalue weighted by Gasteiger charge is 2.22. The number of ether oxygens (including phenoxy) is 2. The van der Waals surface area contributed by atoms with Gasteiger partial charge in [0.25, 0.3) is 0 Å². The Hall–Kier alpha value is -3.39. The summed E-state index contributed by atoms with van der Waals surface area (Å²) >= 11 is 0. The summed E-state index contributed by atoms with van der Waals surface area (Å²) in [5, 5.41) is 9.10. The molecule has 4 rings (SSSR count). The number of methoxy groups -OCH3 is 2. The first kappa shape index (κ1) is 23.8. The number of amides is 2. The van der Waals surface area contributed by atoms with E-state index in [0.717, 1.165) is 48.5 Å². The third kappa shape index (κ3) is 5.94. The number of benzene rings is 2. The van der Waals surface area contributed by atoms with Crippen LogP contribution in [0.5, 0.6) is 11.5 Å². The second kappa shape index (κ2) is 11.2. The van der Waals surface area contributed by atoms with Gasteiger partial charge in [-0.25, -0.2) is 5.01 Å². The maximum absolute atomic E-state index is 12.5. The van der Waals surface area contributed by atoms with Crippen LogP contribution in [-0.2, 0) is 16.1 Å². The molecule has 0 atom stereocenters. The number of hydrogen-bond acceptors (Lipinski definition) is 6. The molecule has 1 saturated heterocycles. The van der Waals surface area contributed by atoms with E-state index in [4.69, 9.17) is 9.47 Å². The van der Waals surface area contributed by atoms with Crippen LogP contribution in [0.1, 0.15) is 43.2 Å². The van der Waals surface area contributed by atoms with Gasteiger partial charge in [0.15, 0.2) is 11.5 Å². The number of nitrogens with one attached hydrogen (secondary N) is 1. The van der Waals surface area contributed by atoms with Gasteiger partial charge in [-0.05, 0) is 61.8 Å². The second-order valence-electron chi connectivity index (χ2n) is 8.65. The fourth-order valence-electron chi connectivity index (χ4n) is 4.33. The van der Waals surface area contributed by atoms with E-state index in [1.54, 1.807) is 14.2 Å². The molecule has 2 amide bonds. The van der Waals surface area contributed by atoms with Gasteiger partial charge in [-0.2, -0.15) is 5.10 Å². The van der Waals surface area contributed by atoms with Crippen LogP contribution in [0.15, 0.2) is 47.6 Å². The molecule has 0 spiro atoms. The third-order valence-electron chi connectivity index (χ3n) is 6.21. The molecule has 8 heteroatoms. The van der Waals surface area contributed by atoms with Gasteiger partial charge in [-0.3, -0.25) is 14.5 Å². The summed E-state index contributed by atoms with van der Waals surface area (Å²) in [7, 11) is 3.20. The van der Waals surface area contributed by atoms with Crippen LogP contribution in [0.3, 0.4) is 0 Å². The van der Waals surface area contributed by atoms with E-state index in [1.165, 1.54) is 11.4 Å². The number of carbonyl (C=O) groups is 2. The number of hydrogen-bond donors (Lipinski definition) is 1. The summed E-state index contributed by atoms with van der Waals surface area (Å²) in [6.07, 6.45) is 4.55. The molecule has 0 saturated carbocycles. The molecule has 2 aliphatic rings. The van der Waals surface area contributed by atoms with Crippen molar-refractivity contribution in [3.63, 3.8) is 0 Å². The van der Waals surface area contributed by atoms with Gasteiger partial charge >= 0.3 is 0 Å². The molecule has 1 fully saturated rings. The first-order chi connectivity index (χ1) is 16.6. The van der Waals surface area contributed by atoms with E-state index in [2.05, 4.69) is 15.3 Å². The molecular formula is C26H32N4O4. The van der Waals surface area contributed by atoms with Crippen LogP contribution in [0.2, 0.25) is 0 Å². The molecule has 0 radical (unpaired) electrons. The van der Waals surface area contributed by atoms with Crippen molar-refractivity contribution in [2.75, 3.05) is 39.2 Å². The molecule has 8 nitrogen and oxygen atoms in total. The van der Waals surface area contributed by atoms with Gasteiger partial charge in [0.2, 0.25) is 11.8 Å². The van der Waals surface area contributed by atoms with Crippen LogP contribution in [0, 0.1) is 0 Å². The summed E-state index contributed by atoms with van der Waals surface area (Å²) in [6, 6.07) is 13.2. The lowest BCUT2D eigenvalue weighted by Crippen LogP contribution is -2.36. The Morgan fingerprint density at radius 3 is 2.41 bits per heavy atom. The zero-order valence-electron chi connectivity index (χ0n) is 19.9. The zero-order valence-corrected chi connectivity index (χ0v) is 19.9. The number of anilines is 1. The lowest BCUT2D eigenvalue weighted by Gasteiger charge is -2.25. The molecule has 2 aromatic rings. The standard InChI is InChI=1S/C26H32N4O4/c1-33-23-12-8-20(16-24(23)34-2)22-11-13-26(32)30(28-22)17-19-6-9-21(10-7-19)27-25(31)18-29-14-4-3-5-15-29/h6-10,12,16H,3-5,11,13-15,17-18H2,1-2H3,(H,27,31). The number of carbonyl (C=O) groups excluding carboxylic acids is 2. The number of likely N-dealkylation sites (tertiary alicyclic amines) is 1. The molecule has 0 aromatic heterocycles. The minimum Gasteiger partial charge on any atom is -0.493 e. The second-order valence-corrected chi connectivity index (χ2v) is 8.65. The topological polar surface area (TPSA) is 83.5 Å². The van der Waals surface area contributed by atoms with E-state index in [-0.39, 0.29) is 11.8 Å². The van der Waals surface area contributed by atoms with Crippen LogP contribution in [-0.4, -0.2) is 61.3 Å². The normalized spacial score (nSPS) is 16.7. The van der Waals surface area contributed by atoms with Crippen LogP contribution in [0.25, 0.3) is 0 Å². The van der Waals surface area contributed by atoms with Crippen molar-refractivity contribution in [2.24, 2.45) is 5.10 Å². The first-order valence-corrected chi connectivity index (χ1v) is 11.8. The van der Waals surface area contributed by atoms with Crippen molar-refractivity contribution in [3.05, 3.63) is 53.6 Å². The minimum absolute atomic E-state index is 0.00465. The van der Waals surface area contributed by atoms with Crippen molar-refractivity contribution >= 4 is 23.2 Å². The Labute approximate surface area is 200 Å². The predicted octanol–water partition coefficient (Wildman–Crippen LogP) is 3.65. The highest BCUT2D eigenvalue weighted by Crippen LogP contribution is 2.29. The summed E-state index contributed by atoms with van der Waals surface area (Å²) in [4.78, 5) is 27.1. The summed E-state index contributed by atoms with van der Waals surface area (Å²) < 4.78 is 10.7. The van der Waals surface area contributed by atoms with Gasteiger partial charge in [-0.1, -0.05) is 18.6 Å². The van der Waals surface area contributed by atoms with E-state index >= 15 is 0 Å². The molecule has 1 N–H and O–H groups in total. The quantitative estimate of drug-likeness (QED) is 0.645. The van der Waals surface area contributed by atoms with Crippen LogP contribution in [0.4, 0.5) is 5.69 Å². The lowest BCUT2D eigenvalue weighted by atomic mass is 10.0. The van der Waals surface area contributed by atoms with Gasteiger partial charge < -0.3 is 14.8 Å². The Bertz CT molecular complexity index is 1050. The maximum atomic E-state index is 12.5. The van der Waals surface area contributed by atoms with Crippen LogP contribution < -0.4 is 14.8 Å². The van der Waals surface area contributed by atoms with E-state index in [1.807, 2.05) is 42.5 Å². The number of hydrazone groups is 1. The smallest absolute Gasteiger partial charge is 0.243 e. The summed E-state index contributed by atoms with van der Waals surface area (Å²) in [6.45, 7) is 2.78. The van der Waals surface area contributed by atoms with Gasteiger partial charge in [0.05, 0.1) is 33.0 Å². The molecule has 0 aliphatic carbocycles. The number of piperidine rings is 1. The average Bonchev–Trinajstić information content (AvgIpc) is 2.86. The zero-order chi connectivity index (χ0) is 23.9. The SMILES string of the molecule is COc1ccc(C2=NN(Cc3ccc(NC(=O)CN4CCCCC4)cc3)C(=O)CC2)cc1OC. The van der Waals surface area contributed by atoms with E-state index in [0.29, 0.717) is 37.4 Å². The van der Waals surface area contributed by atoms with Gasteiger partial charge in [-0.15, -0.1) is 0 Å². The van der Waals surface area contributed by atoms with Crippen molar-refractivity contribution in [1.82, 2.24) is 9.91 Å². The Morgan fingerprint density at radius 1 is 0.971 bits per heavy atom. The van der Waals surface area contributed by atoms with Gasteiger partial charge in [0, 0.05) is 24.1 Å². The van der Waals surface area contributed by atoms with E-state index in [9.17, 15) is 9.59 Å². The number of rotatable bonds is 8. The predicted molar refractivity (Wildman–Crippen MR) is 131 cm³/mol.